The number of benzene rings is 7. The lowest BCUT2D eigenvalue weighted by Crippen LogP contribution is -2.31. The number of rotatable bonds is 7. The van der Waals surface area contributed by atoms with Gasteiger partial charge in [0.2, 0.25) is 0 Å². The second-order valence-electron chi connectivity index (χ2n) is 12.6. The Morgan fingerprint density at radius 1 is 0.360 bits per heavy atom. The third-order valence-corrected chi connectivity index (χ3v) is 9.77. The van der Waals surface area contributed by atoms with Crippen LogP contribution in [0, 0.1) is 0 Å². The summed E-state index contributed by atoms with van der Waals surface area (Å²) < 4.78 is 2.27. The molecule has 0 bridgehead atoms. The average Bonchev–Trinajstić information content (AvgIpc) is 3.54. The van der Waals surface area contributed by atoms with Crippen molar-refractivity contribution < 1.29 is 0 Å². The summed E-state index contributed by atoms with van der Waals surface area (Å²) in [6, 6.07) is 70.9. The van der Waals surface area contributed by atoms with E-state index in [1.165, 1.54) is 27.5 Å². The van der Waals surface area contributed by atoms with Crippen LogP contribution in [0.4, 0.5) is 0 Å². The Morgan fingerprint density at radius 2 is 0.800 bits per heavy atom. The first-order valence-corrected chi connectivity index (χ1v) is 17.0. The predicted octanol–water partition coefficient (Wildman–Crippen LogP) is 11.3. The Kier molecular flexibility index (Phi) is 7.37. The molecule has 0 atom stereocenters. The van der Waals surface area contributed by atoms with Gasteiger partial charge in [-0.15, -0.1) is 0 Å². The van der Waals surface area contributed by atoms with Crippen LogP contribution in [0.25, 0.3) is 50.3 Å². The molecule has 2 heterocycles. The van der Waals surface area contributed by atoms with E-state index in [0.717, 1.165) is 39.2 Å². The van der Waals surface area contributed by atoms with E-state index in [1.807, 2.05) is 6.07 Å². The van der Waals surface area contributed by atoms with Crippen molar-refractivity contribution in [3.05, 3.63) is 222 Å². The minimum atomic E-state index is -0.577. The van der Waals surface area contributed by atoms with E-state index in [1.54, 1.807) is 0 Å². The molecule has 3 nitrogen and oxygen atoms in total. The zero-order valence-electron chi connectivity index (χ0n) is 27.4. The van der Waals surface area contributed by atoms with E-state index in [0.29, 0.717) is 5.82 Å². The second-order valence-corrected chi connectivity index (χ2v) is 12.6. The third-order valence-electron chi connectivity index (χ3n) is 9.77. The highest BCUT2D eigenvalue weighted by Gasteiger charge is 2.38. The highest BCUT2D eigenvalue weighted by molar-refractivity contribution is 6.09. The van der Waals surface area contributed by atoms with Crippen molar-refractivity contribution in [2.45, 2.75) is 5.41 Å². The lowest BCUT2D eigenvalue weighted by atomic mass is 9.65. The summed E-state index contributed by atoms with van der Waals surface area (Å²) in [5.74, 6) is 1.50. The molecule has 0 aliphatic carbocycles. The van der Waals surface area contributed by atoms with Gasteiger partial charge in [0.05, 0.1) is 22.1 Å². The maximum Gasteiger partial charge on any atom is 0.162 e. The molecule has 0 N–H and O–H groups in total. The summed E-state index contributed by atoms with van der Waals surface area (Å²) in [6.45, 7) is 0. The fourth-order valence-electron chi connectivity index (χ4n) is 7.56. The molecule has 7 aromatic carbocycles. The maximum absolute atomic E-state index is 5.37. The van der Waals surface area contributed by atoms with Gasteiger partial charge in [-0.2, -0.15) is 0 Å². The van der Waals surface area contributed by atoms with Gasteiger partial charge >= 0.3 is 0 Å². The number of aromatic nitrogens is 3. The molecule has 0 saturated carbocycles. The smallest absolute Gasteiger partial charge is 0.162 e. The maximum atomic E-state index is 5.37. The molecule has 0 radical (unpaired) electrons. The Bertz CT molecular complexity index is 2420. The molecule has 236 valence electrons. The predicted molar refractivity (Wildman–Crippen MR) is 206 cm³/mol. The molecule has 9 aromatic rings. The van der Waals surface area contributed by atoms with Crippen molar-refractivity contribution in [2.75, 3.05) is 0 Å². The summed E-state index contributed by atoms with van der Waals surface area (Å²) in [4.78, 5) is 10.6. The zero-order valence-corrected chi connectivity index (χ0v) is 27.4. The van der Waals surface area contributed by atoms with Crippen molar-refractivity contribution in [1.29, 1.82) is 0 Å². The van der Waals surface area contributed by atoms with Gasteiger partial charge in [0.1, 0.15) is 5.82 Å². The quantitative estimate of drug-likeness (QED) is 0.162. The Morgan fingerprint density at radius 3 is 1.34 bits per heavy atom. The number of para-hydroxylation sites is 2. The average molecular weight is 640 g/mol. The van der Waals surface area contributed by atoms with Crippen LogP contribution in [0.15, 0.2) is 200 Å². The molecule has 0 spiro atoms. The van der Waals surface area contributed by atoms with Gasteiger partial charge in [-0.3, -0.25) is 4.57 Å². The lowest BCUT2D eigenvalue weighted by molar-refractivity contribution is 0.745. The van der Waals surface area contributed by atoms with Gasteiger partial charge in [-0.1, -0.05) is 176 Å². The lowest BCUT2D eigenvalue weighted by Gasteiger charge is -2.37. The minimum Gasteiger partial charge on any atom is -0.294 e. The van der Waals surface area contributed by atoms with Gasteiger partial charge < -0.3 is 0 Å². The molecule has 0 unspecified atom stereocenters. The van der Waals surface area contributed by atoms with Gasteiger partial charge in [-0.05, 0) is 40.5 Å². The summed E-state index contributed by atoms with van der Waals surface area (Å²) in [5.41, 5.74) is 9.25. The molecule has 2 aromatic heterocycles. The van der Waals surface area contributed by atoms with Gasteiger partial charge in [-0.25, -0.2) is 9.97 Å². The van der Waals surface area contributed by atoms with E-state index in [2.05, 4.69) is 199 Å². The van der Waals surface area contributed by atoms with Gasteiger partial charge in [0.25, 0.3) is 0 Å². The second kappa shape index (κ2) is 12.5. The van der Waals surface area contributed by atoms with E-state index in [-0.39, 0.29) is 0 Å². The number of fused-ring (bicyclic) bond motifs is 3. The van der Waals surface area contributed by atoms with Crippen LogP contribution in [-0.2, 0) is 5.41 Å². The SMILES string of the molecule is c1ccc(-c2cc(-n3c4ccccc4c4ccccc43)nc(-c3cccc(C(c4ccccc4)(c4ccccc4)c4ccccc4)c3)n2)cc1. The Labute approximate surface area is 291 Å². The Balaban J connectivity index is 1.32. The van der Waals surface area contributed by atoms with Gasteiger partial charge in [0.15, 0.2) is 5.82 Å². The van der Waals surface area contributed by atoms with E-state index in [4.69, 9.17) is 9.97 Å². The van der Waals surface area contributed by atoms with Gasteiger partial charge in [0, 0.05) is 28.0 Å². The topological polar surface area (TPSA) is 30.7 Å². The van der Waals surface area contributed by atoms with Crippen LogP contribution in [-0.4, -0.2) is 14.5 Å². The fourth-order valence-corrected chi connectivity index (χ4v) is 7.56. The van der Waals surface area contributed by atoms with E-state index in [9.17, 15) is 0 Å². The van der Waals surface area contributed by atoms with Crippen LogP contribution >= 0.6 is 0 Å². The van der Waals surface area contributed by atoms with E-state index < -0.39 is 5.41 Å². The van der Waals surface area contributed by atoms with Crippen molar-refractivity contribution in [1.82, 2.24) is 14.5 Å². The van der Waals surface area contributed by atoms with Crippen molar-refractivity contribution in [2.24, 2.45) is 0 Å². The van der Waals surface area contributed by atoms with Crippen LogP contribution < -0.4 is 0 Å². The molecule has 50 heavy (non-hydrogen) atoms. The van der Waals surface area contributed by atoms with Crippen molar-refractivity contribution in [3.63, 3.8) is 0 Å². The van der Waals surface area contributed by atoms with Crippen LogP contribution in [0.1, 0.15) is 22.3 Å². The Hall–Kier alpha value is -6.58. The summed E-state index contributed by atoms with van der Waals surface area (Å²) >= 11 is 0. The molecule has 0 amide bonds. The fraction of sp³-hybridized carbons (Fsp3) is 0.0213. The van der Waals surface area contributed by atoms with E-state index >= 15 is 0 Å². The molecule has 0 aliphatic rings. The molecular weight excluding hydrogens is 607 g/mol. The van der Waals surface area contributed by atoms with Crippen LogP contribution in [0.5, 0.6) is 0 Å². The molecule has 3 heteroatoms. The first-order chi connectivity index (χ1) is 24.8. The first kappa shape index (κ1) is 29.6. The number of hydrogen-bond donors (Lipinski definition) is 0. The first-order valence-electron chi connectivity index (χ1n) is 17.0. The zero-order chi connectivity index (χ0) is 33.3. The number of hydrogen-bond acceptors (Lipinski definition) is 2. The standard InChI is InChI=1S/C47H33N3/c1-5-18-34(19-6-1)42-33-45(50-43-30-15-13-28-40(43)41-29-14-16-31-44(41)50)49-46(48-42)35-20-17-27-39(32-35)47(36-21-7-2-8-22-36,37-23-9-3-10-24-37)38-25-11-4-12-26-38/h1-33H. The largest absolute Gasteiger partial charge is 0.294 e. The highest BCUT2D eigenvalue weighted by atomic mass is 15.1. The van der Waals surface area contributed by atoms with Crippen molar-refractivity contribution in [3.8, 4) is 28.5 Å². The molecule has 0 saturated heterocycles. The normalized spacial score (nSPS) is 11.6. The van der Waals surface area contributed by atoms with Crippen molar-refractivity contribution >= 4 is 21.8 Å². The monoisotopic (exact) mass is 639 g/mol. The highest BCUT2D eigenvalue weighted by Crippen LogP contribution is 2.46. The number of nitrogens with zero attached hydrogens (tertiary/aromatic N) is 3. The molecule has 0 fully saturated rings. The summed E-state index contributed by atoms with van der Waals surface area (Å²) in [5, 5.41) is 2.40. The summed E-state index contributed by atoms with van der Waals surface area (Å²) in [6.07, 6.45) is 0. The van der Waals surface area contributed by atoms with Crippen LogP contribution in [0.3, 0.4) is 0 Å². The summed E-state index contributed by atoms with van der Waals surface area (Å²) in [7, 11) is 0. The van der Waals surface area contributed by atoms with Crippen LogP contribution in [0.2, 0.25) is 0 Å². The molecule has 0 aliphatic heterocycles. The third kappa shape index (κ3) is 4.91. The molecular formula is C47H33N3. The minimum absolute atomic E-state index is 0.577. The molecule has 9 rings (SSSR count).